The van der Waals surface area contributed by atoms with Crippen LogP contribution >= 0.6 is 0 Å². The molecule has 0 spiro atoms. The second-order valence-corrected chi connectivity index (χ2v) is 5.74. The smallest absolute Gasteiger partial charge is 0.0977 e. The van der Waals surface area contributed by atoms with E-state index in [1.165, 1.54) is 5.57 Å². The van der Waals surface area contributed by atoms with Crippen LogP contribution in [0.15, 0.2) is 11.6 Å². The lowest BCUT2D eigenvalue weighted by Gasteiger charge is -2.23. The highest BCUT2D eigenvalue weighted by Crippen LogP contribution is 2.54. The maximum Gasteiger partial charge on any atom is 0.0977 e. The van der Waals surface area contributed by atoms with Crippen LogP contribution in [0.1, 0.15) is 47.5 Å². The Morgan fingerprint density at radius 3 is 2.56 bits per heavy atom. The molecule has 0 radical (unpaired) electrons. The number of hydrogen-bond donors (Lipinski definition) is 0. The van der Waals surface area contributed by atoms with Gasteiger partial charge in [0.1, 0.15) is 0 Å². The molecule has 92 valence electrons. The fraction of sp³-hybridized carbons (Fsp3) is 0.857. The van der Waals surface area contributed by atoms with Crippen molar-refractivity contribution in [3.05, 3.63) is 11.6 Å². The van der Waals surface area contributed by atoms with Gasteiger partial charge >= 0.3 is 0 Å². The molecular weight excluding hydrogens is 200 g/mol. The number of allylic oxidation sites excluding steroid dienone is 1. The van der Waals surface area contributed by atoms with E-state index in [0.717, 1.165) is 19.4 Å². The Morgan fingerprint density at radius 1 is 1.50 bits per heavy atom. The van der Waals surface area contributed by atoms with Gasteiger partial charge in [0.25, 0.3) is 0 Å². The van der Waals surface area contributed by atoms with E-state index < -0.39 is 0 Å². The molecule has 0 N–H and O–H groups in total. The second-order valence-electron chi connectivity index (χ2n) is 5.74. The minimum Gasteiger partial charge on any atom is -0.369 e. The molecule has 0 unspecified atom stereocenters. The van der Waals surface area contributed by atoms with Crippen molar-refractivity contribution < 1.29 is 9.47 Å². The molecule has 4 atom stereocenters. The van der Waals surface area contributed by atoms with Gasteiger partial charge in [-0.05, 0) is 33.6 Å². The molecule has 2 aliphatic rings. The average molecular weight is 224 g/mol. The molecule has 0 aliphatic carbocycles. The van der Waals surface area contributed by atoms with Crippen LogP contribution < -0.4 is 0 Å². The third-order valence-electron chi connectivity index (χ3n) is 4.48. The van der Waals surface area contributed by atoms with Crippen molar-refractivity contribution >= 4 is 0 Å². The fourth-order valence-electron chi connectivity index (χ4n) is 2.65. The molecule has 2 heterocycles. The van der Waals surface area contributed by atoms with E-state index >= 15 is 0 Å². The first-order valence-electron chi connectivity index (χ1n) is 6.40. The van der Waals surface area contributed by atoms with Crippen molar-refractivity contribution in [3.8, 4) is 0 Å². The van der Waals surface area contributed by atoms with Crippen molar-refractivity contribution in [1.29, 1.82) is 0 Å². The summed E-state index contributed by atoms with van der Waals surface area (Å²) in [6.07, 6.45) is 4.81. The van der Waals surface area contributed by atoms with Crippen LogP contribution in [0.3, 0.4) is 0 Å². The third-order valence-corrected chi connectivity index (χ3v) is 4.48. The van der Waals surface area contributed by atoms with Gasteiger partial charge in [0.2, 0.25) is 0 Å². The topological polar surface area (TPSA) is 25.1 Å². The molecule has 2 fully saturated rings. The van der Waals surface area contributed by atoms with Gasteiger partial charge in [-0.3, -0.25) is 0 Å². The summed E-state index contributed by atoms with van der Waals surface area (Å²) >= 11 is 0. The predicted molar refractivity (Wildman–Crippen MR) is 65.5 cm³/mol. The number of hydrogen-bond acceptors (Lipinski definition) is 2. The third kappa shape index (κ3) is 1.93. The lowest BCUT2D eigenvalue weighted by atomic mass is 9.80. The van der Waals surface area contributed by atoms with E-state index in [9.17, 15) is 0 Å². The molecule has 0 amide bonds. The first kappa shape index (κ1) is 12.1. The van der Waals surface area contributed by atoms with Crippen LogP contribution in [-0.4, -0.2) is 23.9 Å². The zero-order chi connectivity index (χ0) is 12.0. The molecule has 16 heavy (non-hydrogen) atoms. The van der Waals surface area contributed by atoms with Crippen LogP contribution in [0, 0.1) is 5.92 Å². The fourth-order valence-corrected chi connectivity index (χ4v) is 2.65. The summed E-state index contributed by atoms with van der Waals surface area (Å²) in [6, 6.07) is 0. The first-order valence-corrected chi connectivity index (χ1v) is 6.40. The Kier molecular flexibility index (Phi) is 2.92. The summed E-state index contributed by atoms with van der Waals surface area (Å²) in [5, 5.41) is 0. The molecule has 2 nitrogen and oxygen atoms in total. The van der Waals surface area contributed by atoms with Gasteiger partial charge in [-0.2, -0.15) is 0 Å². The maximum atomic E-state index is 5.92. The van der Waals surface area contributed by atoms with E-state index in [-0.39, 0.29) is 11.2 Å². The summed E-state index contributed by atoms with van der Waals surface area (Å²) in [5.74, 6) is 0.501. The van der Waals surface area contributed by atoms with Crippen LogP contribution in [0.5, 0.6) is 0 Å². The zero-order valence-corrected chi connectivity index (χ0v) is 11.2. The summed E-state index contributed by atoms with van der Waals surface area (Å²) in [4.78, 5) is 0. The van der Waals surface area contributed by atoms with E-state index in [2.05, 4.69) is 40.7 Å². The molecule has 0 bridgehead atoms. The van der Waals surface area contributed by atoms with Crippen molar-refractivity contribution in [2.45, 2.75) is 64.8 Å². The molecule has 0 aromatic carbocycles. The zero-order valence-electron chi connectivity index (χ0n) is 11.2. The maximum absolute atomic E-state index is 5.92. The van der Waals surface area contributed by atoms with Crippen molar-refractivity contribution in [1.82, 2.24) is 0 Å². The van der Waals surface area contributed by atoms with E-state index in [1.54, 1.807) is 0 Å². The van der Waals surface area contributed by atoms with Crippen molar-refractivity contribution in [3.63, 3.8) is 0 Å². The van der Waals surface area contributed by atoms with Crippen molar-refractivity contribution in [2.24, 2.45) is 5.92 Å². The average Bonchev–Trinajstić information content (AvgIpc) is 3.11. The van der Waals surface area contributed by atoms with Crippen LogP contribution in [0.2, 0.25) is 0 Å². The standard InChI is InChI=1S/C14H24O2/c1-6-14(9-15-14)11(4)13(5)12(16-13)8-7-10(2)3/h7,11-12H,6,8-9H2,1-5H3/t11-,12-,13-,14+/m1/s1. The highest BCUT2D eigenvalue weighted by Gasteiger charge is 2.64. The molecule has 0 aromatic heterocycles. The van der Waals surface area contributed by atoms with Crippen LogP contribution in [0.4, 0.5) is 0 Å². The molecule has 0 aromatic rings. The first-order chi connectivity index (χ1) is 7.44. The largest absolute Gasteiger partial charge is 0.369 e. The molecule has 2 heteroatoms. The predicted octanol–water partition coefficient (Wildman–Crippen LogP) is 3.32. The minimum atomic E-state index is 0.0401. The Hall–Kier alpha value is -0.340. The molecule has 2 rings (SSSR count). The molecular formula is C14H24O2. The van der Waals surface area contributed by atoms with E-state index in [4.69, 9.17) is 9.47 Å². The van der Waals surface area contributed by atoms with Crippen LogP contribution in [0.25, 0.3) is 0 Å². The van der Waals surface area contributed by atoms with Gasteiger partial charge in [0.15, 0.2) is 0 Å². The van der Waals surface area contributed by atoms with Gasteiger partial charge in [-0.1, -0.05) is 25.5 Å². The Labute approximate surface area is 99.0 Å². The minimum absolute atomic E-state index is 0.0401. The monoisotopic (exact) mass is 224 g/mol. The number of rotatable bonds is 5. The molecule has 2 aliphatic heterocycles. The Balaban J connectivity index is 1.94. The highest BCUT2D eigenvalue weighted by atomic mass is 16.6. The van der Waals surface area contributed by atoms with Gasteiger partial charge in [-0.25, -0.2) is 0 Å². The van der Waals surface area contributed by atoms with Crippen LogP contribution in [-0.2, 0) is 9.47 Å². The van der Waals surface area contributed by atoms with Gasteiger partial charge in [0, 0.05) is 5.92 Å². The van der Waals surface area contributed by atoms with E-state index in [1.807, 2.05) is 0 Å². The van der Waals surface area contributed by atoms with Gasteiger partial charge in [0.05, 0.1) is 23.9 Å². The molecule has 0 saturated carbocycles. The Morgan fingerprint density at radius 2 is 2.12 bits per heavy atom. The lowest BCUT2D eigenvalue weighted by molar-refractivity contribution is 0.138. The van der Waals surface area contributed by atoms with E-state index in [0.29, 0.717) is 12.0 Å². The SMILES string of the molecule is CC[C@@]1([C@H](C)[C@@]2(C)O[C@@H]2CC=C(C)C)CO1. The number of epoxide rings is 2. The highest BCUT2D eigenvalue weighted by molar-refractivity contribution is 5.14. The summed E-state index contributed by atoms with van der Waals surface area (Å²) in [5.41, 5.74) is 1.53. The van der Waals surface area contributed by atoms with Gasteiger partial charge in [-0.15, -0.1) is 0 Å². The normalized spacial score (nSPS) is 42.7. The van der Waals surface area contributed by atoms with Crippen molar-refractivity contribution in [2.75, 3.05) is 6.61 Å². The quantitative estimate of drug-likeness (QED) is 0.528. The Bertz CT molecular complexity index is 300. The lowest BCUT2D eigenvalue weighted by Crippen LogP contribution is -2.34. The summed E-state index contributed by atoms with van der Waals surface area (Å²) < 4.78 is 11.6. The molecule has 2 saturated heterocycles. The summed E-state index contributed by atoms with van der Waals surface area (Å²) in [7, 11) is 0. The van der Waals surface area contributed by atoms with Gasteiger partial charge < -0.3 is 9.47 Å². The summed E-state index contributed by atoms with van der Waals surface area (Å²) in [6.45, 7) is 11.9. The number of ether oxygens (including phenoxy) is 2. The second kappa shape index (κ2) is 3.85.